The molecule has 140 valence electrons. The van der Waals surface area contributed by atoms with Crippen LogP contribution in [0.2, 0.25) is 5.02 Å². The molecule has 0 saturated heterocycles. The number of rotatable bonds is 6. The Labute approximate surface area is 175 Å². The lowest BCUT2D eigenvalue weighted by Crippen LogP contribution is -2.22. The van der Waals surface area contributed by atoms with Crippen LogP contribution in [0.5, 0.6) is 0 Å². The Kier molecular flexibility index (Phi) is 7.72. The van der Waals surface area contributed by atoms with Gasteiger partial charge in [-0.25, -0.2) is 0 Å². The predicted molar refractivity (Wildman–Crippen MR) is 110 cm³/mol. The van der Waals surface area contributed by atoms with Crippen molar-refractivity contribution < 1.29 is 14.3 Å². The van der Waals surface area contributed by atoms with Gasteiger partial charge < -0.3 is 10.1 Å². The topological polar surface area (TPSA) is 79.2 Å². The minimum Gasteiger partial charge on any atom is -0.455 e. The third kappa shape index (κ3) is 6.28. The van der Waals surface area contributed by atoms with Crippen LogP contribution in [0.4, 0.5) is 5.69 Å². The number of carbonyl (C=O) groups excluding carboxylic acids is 2. The van der Waals surface area contributed by atoms with Crippen LogP contribution in [0.15, 0.2) is 39.7 Å². The molecular formula is C19H16BrClN2O3S. The van der Waals surface area contributed by atoms with Crippen molar-refractivity contribution in [2.45, 2.75) is 18.7 Å². The SMILES string of the molecule is Cc1cc(SCC(=O)OCC(=O)Nc2cc(Cl)ccc2C#N)c(C)cc1Br. The molecule has 2 aromatic carbocycles. The van der Waals surface area contributed by atoms with Gasteiger partial charge in [-0.3, -0.25) is 9.59 Å². The molecule has 0 fully saturated rings. The maximum absolute atomic E-state index is 12.0. The zero-order chi connectivity index (χ0) is 20.0. The monoisotopic (exact) mass is 466 g/mol. The van der Waals surface area contributed by atoms with Crippen LogP contribution in [-0.2, 0) is 14.3 Å². The normalized spacial score (nSPS) is 10.2. The predicted octanol–water partition coefficient (Wildman–Crippen LogP) is 4.87. The van der Waals surface area contributed by atoms with E-state index in [4.69, 9.17) is 21.6 Å². The van der Waals surface area contributed by atoms with Gasteiger partial charge >= 0.3 is 5.97 Å². The summed E-state index contributed by atoms with van der Waals surface area (Å²) in [5, 5.41) is 11.9. The second-order valence-corrected chi connectivity index (χ2v) is 7.97. The third-order valence-corrected chi connectivity index (χ3v) is 5.76. The number of nitrogens with one attached hydrogen (secondary N) is 1. The number of nitrogens with zero attached hydrogens (tertiary/aromatic N) is 1. The molecule has 0 bridgehead atoms. The number of nitriles is 1. The summed E-state index contributed by atoms with van der Waals surface area (Å²) < 4.78 is 6.01. The lowest BCUT2D eigenvalue weighted by molar-refractivity contribution is -0.144. The first-order valence-electron chi connectivity index (χ1n) is 7.85. The van der Waals surface area contributed by atoms with Crippen molar-refractivity contribution in [2.75, 3.05) is 17.7 Å². The number of hydrogen-bond donors (Lipinski definition) is 1. The minimum absolute atomic E-state index is 0.0931. The molecule has 27 heavy (non-hydrogen) atoms. The summed E-state index contributed by atoms with van der Waals surface area (Å²) in [6.45, 7) is 3.50. The lowest BCUT2D eigenvalue weighted by atomic mass is 10.2. The highest BCUT2D eigenvalue weighted by molar-refractivity contribution is 9.10. The Morgan fingerprint density at radius 1 is 1.26 bits per heavy atom. The van der Waals surface area contributed by atoms with Gasteiger partial charge in [0.1, 0.15) is 6.07 Å². The van der Waals surface area contributed by atoms with Gasteiger partial charge in [0.2, 0.25) is 0 Å². The molecule has 0 radical (unpaired) electrons. The van der Waals surface area contributed by atoms with E-state index in [1.807, 2.05) is 32.0 Å². The van der Waals surface area contributed by atoms with Gasteiger partial charge in [-0.1, -0.05) is 27.5 Å². The van der Waals surface area contributed by atoms with Crippen LogP contribution >= 0.6 is 39.3 Å². The van der Waals surface area contributed by atoms with Gasteiger partial charge in [-0.05, 0) is 55.3 Å². The third-order valence-electron chi connectivity index (χ3n) is 3.54. The van der Waals surface area contributed by atoms with E-state index in [9.17, 15) is 9.59 Å². The number of thioether (sulfide) groups is 1. The number of benzene rings is 2. The van der Waals surface area contributed by atoms with E-state index in [0.717, 1.165) is 20.5 Å². The second kappa shape index (κ2) is 9.79. The van der Waals surface area contributed by atoms with Gasteiger partial charge in [0.25, 0.3) is 5.91 Å². The fraction of sp³-hybridized carbons (Fsp3) is 0.211. The molecule has 0 aliphatic heterocycles. The van der Waals surface area contributed by atoms with E-state index in [-0.39, 0.29) is 17.0 Å². The van der Waals surface area contributed by atoms with Crippen molar-refractivity contribution in [3.8, 4) is 6.07 Å². The van der Waals surface area contributed by atoms with Crippen molar-refractivity contribution in [1.82, 2.24) is 0 Å². The molecule has 0 aliphatic rings. The number of amides is 1. The standard InChI is InChI=1S/C19H16BrClN2O3S/c1-11-6-17(12(2)5-15(11)20)27-10-19(25)26-9-18(24)23-16-7-14(21)4-3-13(16)8-22/h3-7H,9-10H2,1-2H3,(H,23,24). The zero-order valence-corrected chi connectivity index (χ0v) is 17.8. The summed E-state index contributed by atoms with van der Waals surface area (Å²) in [6.07, 6.45) is 0. The molecule has 0 atom stereocenters. The van der Waals surface area contributed by atoms with Crippen LogP contribution in [0.1, 0.15) is 16.7 Å². The number of halogens is 2. The highest BCUT2D eigenvalue weighted by atomic mass is 79.9. The highest BCUT2D eigenvalue weighted by Gasteiger charge is 2.12. The number of hydrogen-bond acceptors (Lipinski definition) is 5. The Balaban J connectivity index is 1.85. The maximum atomic E-state index is 12.0. The number of carbonyl (C=O) groups is 2. The van der Waals surface area contributed by atoms with Crippen molar-refractivity contribution in [2.24, 2.45) is 0 Å². The van der Waals surface area contributed by atoms with Gasteiger partial charge in [-0.2, -0.15) is 5.26 Å². The molecule has 0 spiro atoms. The Morgan fingerprint density at radius 3 is 2.70 bits per heavy atom. The summed E-state index contributed by atoms with van der Waals surface area (Å²) in [5.74, 6) is -0.944. The molecule has 1 N–H and O–H groups in total. The maximum Gasteiger partial charge on any atom is 0.316 e. The fourth-order valence-corrected chi connectivity index (χ4v) is 3.67. The number of esters is 1. The van der Waals surface area contributed by atoms with E-state index in [2.05, 4.69) is 21.2 Å². The summed E-state index contributed by atoms with van der Waals surface area (Å²) in [6, 6.07) is 10.5. The molecule has 0 aliphatic carbocycles. The van der Waals surface area contributed by atoms with E-state index in [0.29, 0.717) is 5.02 Å². The molecule has 2 aromatic rings. The van der Waals surface area contributed by atoms with Crippen molar-refractivity contribution in [1.29, 1.82) is 5.26 Å². The van der Waals surface area contributed by atoms with E-state index in [1.54, 1.807) is 6.07 Å². The molecule has 0 aromatic heterocycles. The highest BCUT2D eigenvalue weighted by Crippen LogP contribution is 2.28. The minimum atomic E-state index is -0.539. The quantitative estimate of drug-likeness (QED) is 0.484. The number of ether oxygens (including phenoxy) is 1. The van der Waals surface area contributed by atoms with Crippen LogP contribution < -0.4 is 5.32 Å². The molecule has 8 heteroatoms. The molecule has 0 heterocycles. The van der Waals surface area contributed by atoms with Crippen LogP contribution in [0, 0.1) is 25.2 Å². The Bertz CT molecular complexity index is 928. The van der Waals surface area contributed by atoms with Crippen molar-refractivity contribution in [3.63, 3.8) is 0 Å². The van der Waals surface area contributed by atoms with Gasteiger partial charge in [0.05, 0.1) is 17.0 Å². The molecule has 2 rings (SSSR count). The summed E-state index contributed by atoms with van der Waals surface area (Å²) >= 11 is 10.7. The van der Waals surface area contributed by atoms with E-state index in [1.165, 1.54) is 23.9 Å². The van der Waals surface area contributed by atoms with E-state index >= 15 is 0 Å². The first-order chi connectivity index (χ1) is 12.8. The Hall–Kier alpha value is -2.01. The lowest BCUT2D eigenvalue weighted by Gasteiger charge is -2.10. The van der Waals surface area contributed by atoms with Gasteiger partial charge in [0.15, 0.2) is 6.61 Å². The summed E-state index contributed by atoms with van der Waals surface area (Å²) in [7, 11) is 0. The zero-order valence-electron chi connectivity index (χ0n) is 14.6. The molecular weight excluding hydrogens is 452 g/mol. The van der Waals surface area contributed by atoms with Gasteiger partial charge in [-0.15, -0.1) is 11.8 Å². The second-order valence-electron chi connectivity index (χ2n) is 5.67. The van der Waals surface area contributed by atoms with E-state index < -0.39 is 18.5 Å². The molecule has 5 nitrogen and oxygen atoms in total. The number of aryl methyl sites for hydroxylation is 2. The van der Waals surface area contributed by atoms with Crippen molar-refractivity contribution >= 4 is 56.9 Å². The van der Waals surface area contributed by atoms with Crippen LogP contribution in [-0.4, -0.2) is 24.2 Å². The largest absolute Gasteiger partial charge is 0.455 e. The van der Waals surface area contributed by atoms with Crippen LogP contribution in [0.3, 0.4) is 0 Å². The molecule has 0 unspecified atom stereocenters. The first-order valence-corrected chi connectivity index (χ1v) is 10.0. The average Bonchev–Trinajstić information content (AvgIpc) is 2.62. The average molecular weight is 468 g/mol. The van der Waals surface area contributed by atoms with Crippen molar-refractivity contribution in [3.05, 3.63) is 56.5 Å². The number of anilines is 1. The Morgan fingerprint density at radius 2 is 2.00 bits per heavy atom. The molecule has 0 saturated carbocycles. The fourth-order valence-electron chi connectivity index (χ4n) is 2.14. The summed E-state index contributed by atoms with van der Waals surface area (Å²) in [4.78, 5) is 24.8. The van der Waals surface area contributed by atoms with Gasteiger partial charge in [0, 0.05) is 14.4 Å². The molecule has 1 amide bonds. The smallest absolute Gasteiger partial charge is 0.316 e. The first kappa shape index (κ1) is 21.3. The summed E-state index contributed by atoms with van der Waals surface area (Å²) in [5.41, 5.74) is 2.68. The van der Waals surface area contributed by atoms with Crippen LogP contribution in [0.25, 0.3) is 0 Å².